The van der Waals surface area contributed by atoms with Gasteiger partial charge in [-0.1, -0.05) is 117 Å². The molecule has 34 heavy (non-hydrogen) atoms. The van der Waals surface area contributed by atoms with Gasteiger partial charge in [0.05, 0.1) is 5.02 Å². The Morgan fingerprint density at radius 3 is 2.06 bits per heavy atom. The molecule has 0 unspecified atom stereocenters. The number of amides is 2. The van der Waals surface area contributed by atoms with Crippen LogP contribution in [-0.2, 0) is 0 Å². The van der Waals surface area contributed by atoms with Crippen LogP contribution in [0.2, 0.25) is 5.02 Å². The zero-order valence-corrected chi connectivity index (χ0v) is 21.3. The van der Waals surface area contributed by atoms with E-state index in [0.717, 1.165) is 32.9 Å². The number of benzene rings is 3. The van der Waals surface area contributed by atoms with Crippen molar-refractivity contribution in [3.8, 4) is 21.8 Å². The van der Waals surface area contributed by atoms with Gasteiger partial charge >= 0.3 is 6.03 Å². The van der Waals surface area contributed by atoms with Crippen molar-refractivity contribution in [3.63, 3.8) is 0 Å². The largest absolute Gasteiger partial charge is 0.324 e. The molecular formula is C28H28ClN3OS. The summed E-state index contributed by atoms with van der Waals surface area (Å²) in [6.45, 7) is 8.53. The topological polar surface area (TPSA) is 54.0 Å². The van der Waals surface area contributed by atoms with E-state index in [-0.39, 0.29) is 17.9 Å². The van der Waals surface area contributed by atoms with Crippen LogP contribution in [0, 0.1) is 0 Å². The van der Waals surface area contributed by atoms with Crippen LogP contribution in [-0.4, -0.2) is 11.0 Å². The van der Waals surface area contributed by atoms with E-state index < -0.39 is 0 Å². The molecule has 1 heterocycles. The van der Waals surface area contributed by atoms with Gasteiger partial charge in [-0.3, -0.25) is 5.32 Å². The van der Waals surface area contributed by atoms with Crippen LogP contribution in [0.5, 0.6) is 0 Å². The summed E-state index contributed by atoms with van der Waals surface area (Å²) in [6.07, 6.45) is 0. The zero-order valence-electron chi connectivity index (χ0n) is 19.7. The predicted molar refractivity (Wildman–Crippen MR) is 145 cm³/mol. The molecular weight excluding hydrogens is 462 g/mol. The molecule has 0 aliphatic carbocycles. The van der Waals surface area contributed by atoms with Gasteiger partial charge in [0.2, 0.25) is 0 Å². The van der Waals surface area contributed by atoms with Crippen molar-refractivity contribution in [2.45, 2.75) is 39.5 Å². The summed E-state index contributed by atoms with van der Waals surface area (Å²) in [4.78, 5) is 18.1. The number of rotatable bonds is 6. The number of halogens is 1. The van der Waals surface area contributed by atoms with Crippen LogP contribution in [0.3, 0.4) is 0 Å². The predicted octanol–water partition coefficient (Wildman–Crippen LogP) is 9.02. The minimum Gasteiger partial charge on any atom is -0.307 e. The van der Waals surface area contributed by atoms with Gasteiger partial charge in [-0.15, -0.1) is 0 Å². The van der Waals surface area contributed by atoms with E-state index in [1.54, 1.807) is 0 Å². The van der Waals surface area contributed by atoms with Crippen LogP contribution in [0.1, 0.15) is 50.7 Å². The Bertz CT molecular complexity index is 1270. The Morgan fingerprint density at radius 1 is 0.824 bits per heavy atom. The molecule has 0 atom stereocenters. The maximum absolute atomic E-state index is 13.3. The van der Waals surface area contributed by atoms with Crippen LogP contribution >= 0.6 is 22.9 Å². The molecule has 0 bridgehead atoms. The highest BCUT2D eigenvalue weighted by Gasteiger charge is 2.20. The van der Waals surface area contributed by atoms with E-state index >= 15 is 0 Å². The van der Waals surface area contributed by atoms with Crippen molar-refractivity contribution < 1.29 is 4.79 Å². The number of hydrogen-bond acceptors (Lipinski definition) is 3. The first-order chi connectivity index (χ1) is 16.3. The molecule has 4 aromatic rings. The Labute approximate surface area is 210 Å². The smallest absolute Gasteiger partial charge is 0.307 e. The van der Waals surface area contributed by atoms with Gasteiger partial charge in [0.1, 0.15) is 15.7 Å². The van der Waals surface area contributed by atoms with Gasteiger partial charge in [0.25, 0.3) is 0 Å². The maximum atomic E-state index is 13.3. The Hall–Kier alpha value is -3.15. The molecule has 3 aromatic carbocycles. The van der Waals surface area contributed by atoms with E-state index in [9.17, 15) is 4.79 Å². The van der Waals surface area contributed by atoms with Gasteiger partial charge in [0, 0.05) is 16.8 Å². The molecule has 0 fully saturated rings. The zero-order chi connectivity index (χ0) is 24.2. The second-order valence-electron chi connectivity index (χ2n) is 8.74. The lowest BCUT2D eigenvalue weighted by Gasteiger charge is -2.20. The van der Waals surface area contributed by atoms with E-state index in [2.05, 4.69) is 56.5 Å². The number of nitrogens with one attached hydrogen (secondary N) is 2. The van der Waals surface area contributed by atoms with E-state index in [0.29, 0.717) is 15.7 Å². The third-order valence-electron chi connectivity index (χ3n) is 5.62. The first kappa shape index (κ1) is 24.0. The van der Waals surface area contributed by atoms with Crippen LogP contribution < -0.4 is 10.6 Å². The molecule has 1 aromatic heterocycles. The normalized spacial score (nSPS) is 11.1. The first-order valence-electron chi connectivity index (χ1n) is 11.4. The minimum absolute atomic E-state index is 0.278. The minimum atomic E-state index is -0.299. The number of anilines is 2. The molecule has 4 nitrogen and oxygen atoms in total. The first-order valence-corrected chi connectivity index (χ1v) is 12.6. The van der Waals surface area contributed by atoms with Crippen molar-refractivity contribution in [3.05, 3.63) is 88.9 Å². The van der Waals surface area contributed by atoms with E-state index in [1.807, 2.05) is 54.6 Å². The number of carbonyl (C=O) groups is 1. The summed E-state index contributed by atoms with van der Waals surface area (Å²) >= 11 is 7.93. The Morgan fingerprint density at radius 2 is 1.44 bits per heavy atom. The second-order valence-corrected chi connectivity index (χ2v) is 10.1. The third kappa shape index (κ3) is 5.16. The van der Waals surface area contributed by atoms with Crippen LogP contribution in [0.25, 0.3) is 21.8 Å². The fraction of sp³-hybridized carbons (Fsp3) is 0.214. The fourth-order valence-electron chi connectivity index (χ4n) is 3.89. The molecule has 4 rings (SSSR count). The number of hydrogen-bond donors (Lipinski definition) is 2. The summed E-state index contributed by atoms with van der Waals surface area (Å²) in [7, 11) is 0. The molecule has 6 heteroatoms. The molecule has 174 valence electrons. The summed E-state index contributed by atoms with van der Waals surface area (Å²) in [5.41, 5.74) is 5.52. The second kappa shape index (κ2) is 10.4. The highest BCUT2D eigenvalue weighted by molar-refractivity contribution is 7.19. The highest BCUT2D eigenvalue weighted by atomic mass is 35.5. The average molecular weight is 490 g/mol. The van der Waals surface area contributed by atoms with Crippen molar-refractivity contribution in [2.75, 3.05) is 10.6 Å². The third-order valence-corrected chi connectivity index (χ3v) is 6.96. The summed E-state index contributed by atoms with van der Waals surface area (Å²) in [5.74, 6) is 0.557. The lowest BCUT2D eigenvalue weighted by Crippen LogP contribution is -2.21. The molecule has 0 saturated carbocycles. The lowest BCUT2D eigenvalue weighted by atomic mass is 9.93. The van der Waals surface area contributed by atoms with Crippen molar-refractivity contribution in [1.29, 1.82) is 0 Å². The number of carbonyl (C=O) groups excluding carboxylic acids is 1. The number of aromatic nitrogens is 1. The molecule has 0 aliphatic rings. The summed E-state index contributed by atoms with van der Waals surface area (Å²) in [5, 5.41) is 8.24. The molecule has 0 radical (unpaired) electrons. The molecule has 0 aliphatic heterocycles. The molecule has 2 N–H and O–H groups in total. The molecule has 0 spiro atoms. The number of urea groups is 1. The van der Waals surface area contributed by atoms with Crippen molar-refractivity contribution in [1.82, 2.24) is 4.98 Å². The van der Waals surface area contributed by atoms with Crippen LogP contribution in [0.4, 0.5) is 15.5 Å². The SMILES string of the molecule is CC(C)c1cccc(C(C)C)c1NC(=O)Nc1sc(-c2ccccc2)nc1-c1ccccc1Cl. The summed E-state index contributed by atoms with van der Waals surface area (Å²) in [6, 6.07) is 23.4. The standard InChI is InChI=1S/C28H28ClN3OS/c1-17(2)20-14-10-15-21(18(3)4)24(20)31-28(33)32-27-25(22-13-8-9-16-23(22)29)30-26(34-27)19-11-6-5-7-12-19/h5-18H,1-4H3,(H2,31,32,33). The van der Waals surface area contributed by atoms with Gasteiger partial charge in [-0.25, -0.2) is 9.78 Å². The highest BCUT2D eigenvalue weighted by Crippen LogP contribution is 2.40. The van der Waals surface area contributed by atoms with Gasteiger partial charge < -0.3 is 5.32 Å². The quantitative estimate of drug-likeness (QED) is 0.284. The number of para-hydroxylation sites is 1. The van der Waals surface area contributed by atoms with E-state index in [4.69, 9.17) is 16.6 Å². The van der Waals surface area contributed by atoms with Gasteiger partial charge in [-0.2, -0.15) is 0 Å². The Balaban J connectivity index is 1.71. The summed E-state index contributed by atoms with van der Waals surface area (Å²) < 4.78 is 0. The fourth-order valence-corrected chi connectivity index (χ4v) is 5.09. The van der Waals surface area contributed by atoms with E-state index in [1.165, 1.54) is 11.3 Å². The monoisotopic (exact) mass is 489 g/mol. The lowest BCUT2D eigenvalue weighted by molar-refractivity contribution is 0.262. The van der Waals surface area contributed by atoms with Gasteiger partial charge in [0.15, 0.2) is 0 Å². The van der Waals surface area contributed by atoms with Crippen molar-refractivity contribution in [2.24, 2.45) is 0 Å². The number of nitrogens with zero attached hydrogens (tertiary/aromatic N) is 1. The Kier molecular flexibility index (Phi) is 7.35. The number of thiazole rings is 1. The average Bonchev–Trinajstić information content (AvgIpc) is 3.23. The van der Waals surface area contributed by atoms with Gasteiger partial charge in [-0.05, 0) is 29.0 Å². The molecule has 0 saturated heterocycles. The van der Waals surface area contributed by atoms with Crippen molar-refractivity contribution >= 4 is 39.7 Å². The van der Waals surface area contributed by atoms with Crippen LogP contribution in [0.15, 0.2) is 72.8 Å². The maximum Gasteiger partial charge on any atom is 0.324 e. The molecule has 2 amide bonds.